The molecular weight excluding hydrogens is 307 g/mol. The molecule has 2 aromatic carbocycles. The Kier molecular flexibility index (Phi) is 4.62. The maximum absolute atomic E-state index is 13.2. The number of benzene rings is 2. The lowest BCUT2D eigenvalue weighted by molar-refractivity contribution is 0.0697. The molecule has 124 valence electrons. The van der Waals surface area contributed by atoms with Crippen molar-refractivity contribution in [1.82, 2.24) is 4.98 Å². The predicted octanol–water partition coefficient (Wildman–Crippen LogP) is 3.95. The second kappa shape index (κ2) is 6.84. The molecule has 3 aromatic rings. The van der Waals surface area contributed by atoms with Crippen LogP contribution in [0.5, 0.6) is 0 Å². The quantitative estimate of drug-likeness (QED) is 0.600. The third-order valence-corrected chi connectivity index (χ3v) is 4.17. The Balaban J connectivity index is 2.13. The minimum absolute atomic E-state index is 0.257. The minimum atomic E-state index is -0.950. The number of aryl methyl sites for hydroxylation is 1. The molecule has 1 heterocycles. The highest BCUT2D eigenvalue weighted by Crippen LogP contribution is 2.32. The van der Waals surface area contributed by atoms with Gasteiger partial charge in [-0.3, -0.25) is 0 Å². The van der Waals surface area contributed by atoms with E-state index in [9.17, 15) is 14.3 Å². The molecule has 24 heavy (non-hydrogen) atoms. The van der Waals surface area contributed by atoms with Gasteiger partial charge in [0, 0.05) is 16.6 Å². The number of halogens is 1. The highest BCUT2D eigenvalue weighted by atomic mass is 19.1. The number of nitrogens with two attached hydrogens (primary N) is 1. The highest BCUT2D eigenvalue weighted by molar-refractivity contribution is 5.97. The molecule has 4 N–H and O–H groups in total. The fourth-order valence-corrected chi connectivity index (χ4v) is 2.95. The number of hydrogen-bond donors (Lipinski definition) is 3. The molecule has 0 unspecified atom stereocenters. The summed E-state index contributed by atoms with van der Waals surface area (Å²) in [6.45, 7) is 0.620. The maximum atomic E-state index is 13.2. The van der Waals surface area contributed by atoms with Crippen LogP contribution in [0.15, 0.2) is 42.5 Å². The van der Waals surface area contributed by atoms with Crippen LogP contribution >= 0.6 is 0 Å². The van der Waals surface area contributed by atoms with Crippen molar-refractivity contribution in [3.63, 3.8) is 0 Å². The van der Waals surface area contributed by atoms with E-state index in [2.05, 4.69) is 4.98 Å². The van der Waals surface area contributed by atoms with Gasteiger partial charge in [0.2, 0.25) is 0 Å². The van der Waals surface area contributed by atoms with Crippen LogP contribution in [0.2, 0.25) is 0 Å². The first-order valence-corrected chi connectivity index (χ1v) is 7.94. The monoisotopic (exact) mass is 326 g/mol. The lowest BCUT2D eigenvalue weighted by atomic mass is 9.99. The molecule has 0 atom stereocenters. The van der Waals surface area contributed by atoms with Gasteiger partial charge < -0.3 is 15.8 Å². The van der Waals surface area contributed by atoms with E-state index in [4.69, 9.17) is 5.73 Å². The second-order valence-electron chi connectivity index (χ2n) is 5.80. The Labute approximate surface area is 139 Å². The van der Waals surface area contributed by atoms with Gasteiger partial charge in [0.15, 0.2) is 0 Å². The highest BCUT2D eigenvalue weighted by Gasteiger charge is 2.15. The molecular formula is C19H19FN2O2. The van der Waals surface area contributed by atoms with Gasteiger partial charge in [0.25, 0.3) is 0 Å². The lowest BCUT2D eigenvalue weighted by Crippen LogP contribution is -1.99. The summed E-state index contributed by atoms with van der Waals surface area (Å²) in [5.74, 6) is -1.23. The van der Waals surface area contributed by atoms with E-state index in [1.165, 1.54) is 12.1 Å². The maximum Gasteiger partial charge on any atom is 0.335 e. The van der Waals surface area contributed by atoms with E-state index in [0.29, 0.717) is 6.54 Å². The molecule has 0 bridgehead atoms. The van der Waals surface area contributed by atoms with E-state index >= 15 is 0 Å². The van der Waals surface area contributed by atoms with Gasteiger partial charge in [-0.1, -0.05) is 0 Å². The van der Waals surface area contributed by atoms with Crippen molar-refractivity contribution in [1.29, 1.82) is 0 Å². The van der Waals surface area contributed by atoms with Gasteiger partial charge in [-0.25, -0.2) is 9.18 Å². The summed E-state index contributed by atoms with van der Waals surface area (Å²) in [5, 5.41) is 10.1. The molecule has 0 spiro atoms. The first kappa shape index (κ1) is 16.2. The molecule has 0 aliphatic carbocycles. The molecule has 0 aliphatic heterocycles. The number of rotatable bonds is 6. The fraction of sp³-hybridized carbons (Fsp3) is 0.211. The number of carbonyl (C=O) groups is 1. The van der Waals surface area contributed by atoms with Crippen LogP contribution in [0.1, 0.15) is 28.8 Å². The first-order chi connectivity index (χ1) is 11.6. The Bertz CT molecular complexity index is 869. The van der Waals surface area contributed by atoms with Crippen LogP contribution in [0, 0.1) is 5.82 Å². The van der Waals surface area contributed by atoms with Crippen molar-refractivity contribution in [2.75, 3.05) is 6.54 Å². The normalized spacial score (nSPS) is 11.1. The van der Waals surface area contributed by atoms with Crippen LogP contribution in [-0.4, -0.2) is 22.6 Å². The van der Waals surface area contributed by atoms with Crippen molar-refractivity contribution < 1.29 is 14.3 Å². The average molecular weight is 326 g/mol. The van der Waals surface area contributed by atoms with Crippen LogP contribution in [0.4, 0.5) is 4.39 Å². The summed E-state index contributed by atoms with van der Waals surface area (Å²) in [6.07, 6.45) is 2.59. The van der Waals surface area contributed by atoms with Gasteiger partial charge in [-0.15, -0.1) is 0 Å². The van der Waals surface area contributed by atoms with E-state index in [0.717, 1.165) is 47.0 Å². The van der Waals surface area contributed by atoms with Crippen molar-refractivity contribution in [3.05, 3.63) is 59.4 Å². The Morgan fingerprint density at radius 3 is 2.54 bits per heavy atom. The van der Waals surface area contributed by atoms with Crippen LogP contribution in [0.3, 0.4) is 0 Å². The van der Waals surface area contributed by atoms with Crippen molar-refractivity contribution in [2.24, 2.45) is 5.73 Å². The van der Waals surface area contributed by atoms with Gasteiger partial charge in [0.05, 0.1) is 5.56 Å². The third-order valence-electron chi connectivity index (χ3n) is 4.17. The lowest BCUT2D eigenvalue weighted by Gasteiger charge is -2.05. The van der Waals surface area contributed by atoms with Gasteiger partial charge in [-0.2, -0.15) is 0 Å². The topological polar surface area (TPSA) is 79.1 Å². The zero-order valence-electron chi connectivity index (χ0n) is 13.2. The second-order valence-corrected chi connectivity index (χ2v) is 5.80. The molecule has 0 saturated heterocycles. The van der Waals surface area contributed by atoms with Gasteiger partial charge >= 0.3 is 5.97 Å². The van der Waals surface area contributed by atoms with Crippen molar-refractivity contribution in [3.8, 4) is 11.3 Å². The Hall–Kier alpha value is -2.66. The number of carboxylic acid groups (broad SMARTS) is 1. The molecule has 0 fully saturated rings. The van der Waals surface area contributed by atoms with Gasteiger partial charge in [0.1, 0.15) is 5.82 Å². The van der Waals surface area contributed by atoms with Gasteiger partial charge in [-0.05, 0) is 79.4 Å². The molecule has 0 aliphatic rings. The number of aromatic nitrogens is 1. The minimum Gasteiger partial charge on any atom is -0.478 e. The van der Waals surface area contributed by atoms with Crippen molar-refractivity contribution in [2.45, 2.75) is 19.3 Å². The number of nitrogens with one attached hydrogen (secondary N) is 1. The number of unbranched alkanes of at least 4 members (excludes halogenated alkanes) is 1. The Morgan fingerprint density at radius 1 is 1.12 bits per heavy atom. The molecule has 4 nitrogen and oxygen atoms in total. The largest absolute Gasteiger partial charge is 0.478 e. The number of fused-ring (bicyclic) bond motifs is 1. The number of carboxylic acids is 1. The van der Waals surface area contributed by atoms with E-state index in [-0.39, 0.29) is 11.4 Å². The summed E-state index contributed by atoms with van der Waals surface area (Å²) in [7, 11) is 0. The zero-order valence-corrected chi connectivity index (χ0v) is 13.2. The van der Waals surface area contributed by atoms with E-state index < -0.39 is 5.97 Å². The van der Waals surface area contributed by atoms with Crippen LogP contribution < -0.4 is 5.73 Å². The summed E-state index contributed by atoms with van der Waals surface area (Å²) < 4.78 is 13.2. The fourth-order valence-electron chi connectivity index (χ4n) is 2.95. The number of H-pyrrole nitrogens is 1. The molecule has 1 aromatic heterocycles. The van der Waals surface area contributed by atoms with E-state index in [1.807, 2.05) is 0 Å². The zero-order chi connectivity index (χ0) is 17.1. The molecule has 0 amide bonds. The molecule has 5 heteroatoms. The SMILES string of the molecule is NCCCCc1c(-c2ccc(F)cc2)[nH]c2ccc(C(=O)O)cc12. The molecule has 0 saturated carbocycles. The average Bonchev–Trinajstić information content (AvgIpc) is 2.94. The molecule has 0 radical (unpaired) electrons. The first-order valence-electron chi connectivity index (χ1n) is 7.94. The van der Waals surface area contributed by atoms with E-state index in [1.54, 1.807) is 30.3 Å². The summed E-state index contributed by atoms with van der Waals surface area (Å²) in [5.41, 5.74) is 9.55. The Morgan fingerprint density at radius 2 is 1.88 bits per heavy atom. The number of aromatic carboxylic acids is 1. The van der Waals surface area contributed by atoms with Crippen LogP contribution in [0.25, 0.3) is 22.2 Å². The third kappa shape index (κ3) is 3.16. The predicted molar refractivity (Wildman–Crippen MR) is 92.6 cm³/mol. The summed E-state index contributed by atoms with van der Waals surface area (Å²) in [4.78, 5) is 14.6. The van der Waals surface area contributed by atoms with Crippen LogP contribution in [-0.2, 0) is 6.42 Å². The molecule has 3 rings (SSSR count). The van der Waals surface area contributed by atoms with Crippen molar-refractivity contribution >= 4 is 16.9 Å². The standard InChI is InChI=1S/C19H19FN2O2/c20-14-7-4-12(5-8-14)18-15(3-1-2-10-21)16-11-13(19(23)24)6-9-17(16)22-18/h4-9,11,22H,1-3,10,21H2,(H,23,24). The smallest absolute Gasteiger partial charge is 0.335 e. The number of aromatic amines is 1. The summed E-state index contributed by atoms with van der Waals surface area (Å²) in [6, 6.07) is 11.4. The number of hydrogen-bond acceptors (Lipinski definition) is 2. The summed E-state index contributed by atoms with van der Waals surface area (Å²) >= 11 is 0.